The van der Waals surface area contributed by atoms with Crippen LogP contribution in [0.4, 0.5) is 0 Å². The molecule has 0 atom stereocenters. The van der Waals surface area contributed by atoms with E-state index < -0.39 is 0 Å². The van der Waals surface area contributed by atoms with Crippen LogP contribution in [-0.2, 0) is 12.5 Å². The Morgan fingerprint density at radius 3 is 2.67 bits per heavy atom. The van der Waals surface area contributed by atoms with Gasteiger partial charge in [0.05, 0.1) is 10.4 Å². The molecule has 2 nitrogen and oxygen atoms in total. The monoisotopic (exact) mass is 239 g/mol. The summed E-state index contributed by atoms with van der Waals surface area (Å²) in [6.45, 7) is 0.574. The number of thiazole rings is 1. The van der Waals surface area contributed by atoms with Gasteiger partial charge in [-0.3, -0.25) is 4.98 Å². The fourth-order valence-corrected chi connectivity index (χ4v) is 1.83. The van der Waals surface area contributed by atoms with Gasteiger partial charge in [-0.1, -0.05) is 12.1 Å². The lowest BCUT2D eigenvalue weighted by molar-refractivity contribution is 0.309. The first-order chi connectivity index (χ1) is 7.38. The first-order valence-corrected chi connectivity index (χ1v) is 5.95. The molecular formula is C11H10ClNOS. The van der Waals surface area contributed by atoms with Crippen LogP contribution >= 0.6 is 22.9 Å². The number of benzene rings is 1. The number of nitrogens with zero attached hydrogens (tertiary/aromatic N) is 1. The minimum absolute atomic E-state index is 0.537. The fraction of sp³-hybridized carbons (Fsp3) is 0.182. The van der Waals surface area contributed by atoms with Gasteiger partial charge in [-0.15, -0.1) is 22.9 Å². The number of aromatic nitrogens is 1. The number of rotatable bonds is 4. The van der Waals surface area contributed by atoms with Crippen LogP contribution in [0.25, 0.3) is 0 Å². The highest BCUT2D eigenvalue weighted by Gasteiger charge is 1.97. The van der Waals surface area contributed by atoms with E-state index in [4.69, 9.17) is 16.3 Å². The standard InChI is InChI=1S/C11H10ClNOS/c12-5-9-1-3-10(4-2-9)14-7-11-6-13-8-15-11/h1-4,6,8H,5,7H2. The number of alkyl halides is 1. The Hall–Kier alpha value is -1.06. The zero-order valence-electron chi connectivity index (χ0n) is 8.02. The molecule has 0 N–H and O–H groups in total. The van der Waals surface area contributed by atoms with E-state index in [0.717, 1.165) is 16.2 Å². The maximum atomic E-state index is 5.69. The van der Waals surface area contributed by atoms with Gasteiger partial charge in [0, 0.05) is 12.1 Å². The summed E-state index contributed by atoms with van der Waals surface area (Å²) in [5, 5.41) is 0. The van der Waals surface area contributed by atoms with Crippen molar-refractivity contribution >= 4 is 22.9 Å². The molecule has 0 radical (unpaired) electrons. The van der Waals surface area contributed by atoms with Crippen molar-refractivity contribution in [2.45, 2.75) is 12.5 Å². The van der Waals surface area contributed by atoms with Gasteiger partial charge < -0.3 is 4.74 Å². The van der Waals surface area contributed by atoms with Crippen molar-refractivity contribution in [1.82, 2.24) is 4.98 Å². The fourth-order valence-electron chi connectivity index (χ4n) is 1.14. The smallest absolute Gasteiger partial charge is 0.124 e. The number of ether oxygens (including phenoxy) is 1. The van der Waals surface area contributed by atoms with Crippen LogP contribution < -0.4 is 4.74 Å². The number of hydrogen-bond donors (Lipinski definition) is 0. The van der Waals surface area contributed by atoms with E-state index in [0.29, 0.717) is 12.5 Å². The summed E-state index contributed by atoms with van der Waals surface area (Å²) in [4.78, 5) is 5.10. The van der Waals surface area contributed by atoms with Crippen molar-refractivity contribution < 1.29 is 4.74 Å². The normalized spacial score (nSPS) is 10.2. The van der Waals surface area contributed by atoms with Crippen LogP contribution in [-0.4, -0.2) is 4.98 Å². The van der Waals surface area contributed by atoms with Crippen LogP contribution in [0.15, 0.2) is 36.0 Å². The van der Waals surface area contributed by atoms with E-state index in [1.807, 2.05) is 30.5 Å². The molecule has 15 heavy (non-hydrogen) atoms. The Bertz CT molecular complexity index is 399. The van der Waals surface area contributed by atoms with E-state index in [9.17, 15) is 0 Å². The lowest BCUT2D eigenvalue weighted by atomic mass is 10.2. The van der Waals surface area contributed by atoms with Crippen LogP contribution in [0.5, 0.6) is 5.75 Å². The lowest BCUT2D eigenvalue weighted by Gasteiger charge is -2.04. The summed E-state index contributed by atoms with van der Waals surface area (Å²) < 4.78 is 5.58. The Balaban J connectivity index is 1.93. The molecule has 2 aromatic rings. The third-order valence-electron chi connectivity index (χ3n) is 1.94. The Morgan fingerprint density at radius 1 is 1.27 bits per heavy atom. The van der Waals surface area contributed by atoms with E-state index in [1.165, 1.54) is 0 Å². The SMILES string of the molecule is ClCc1ccc(OCc2cncs2)cc1. The van der Waals surface area contributed by atoms with Gasteiger partial charge in [-0.2, -0.15) is 0 Å². The second-order valence-electron chi connectivity index (χ2n) is 3.03. The molecule has 0 aliphatic rings. The zero-order valence-corrected chi connectivity index (χ0v) is 9.59. The average Bonchev–Trinajstić information content (AvgIpc) is 2.80. The predicted molar refractivity (Wildman–Crippen MR) is 62.4 cm³/mol. The number of hydrogen-bond acceptors (Lipinski definition) is 3. The van der Waals surface area contributed by atoms with Crippen molar-refractivity contribution in [1.29, 1.82) is 0 Å². The number of halogens is 1. The molecule has 0 unspecified atom stereocenters. The van der Waals surface area contributed by atoms with Crippen molar-refractivity contribution in [2.75, 3.05) is 0 Å². The summed E-state index contributed by atoms with van der Waals surface area (Å²) in [7, 11) is 0. The zero-order chi connectivity index (χ0) is 10.5. The second-order valence-corrected chi connectivity index (χ2v) is 4.27. The molecule has 1 heterocycles. The minimum Gasteiger partial charge on any atom is -0.488 e. The quantitative estimate of drug-likeness (QED) is 0.763. The summed E-state index contributed by atoms with van der Waals surface area (Å²) in [5.74, 6) is 1.40. The first kappa shape index (κ1) is 10.5. The first-order valence-electron chi connectivity index (χ1n) is 4.53. The van der Waals surface area contributed by atoms with Crippen LogP contribution in [0.2, 0.25) is 0 Å². The third-order valence-corrected chi connectivity index (χ3v) is 3.00. The Morgan fingerprint density at radius 2 is 2.07 bits per heavy atom. The summed E-state index contributed by atoms with van der Waals surface area (Å²) >= 11 is 7.28. The van der Waals surface area contributed by atoms with E-state index in [2.05, 4.69) is 4.98 Å². The minimum atomic E-state index is 0.537. The maximum Gasteiger partial charge on any atom is 0.124 e. The molecule has 78 valence electrons. The van der Waals surface area contributed by atoms with Gasteiger partial charge in [0.1, 0.15) is 12.4 Å². The molecule has 0 saturated heterocycles. The van der Waals surface area contributed by atoms with Gasteiger partial charge in [0.25, 0.3) is 0 Å². The Labute approximate surface area is 97.5 Å². The molecule has 0 bridgehead atoms. The average molecular weight is 240 g/mol. The molecule has 4 heteroatoms. The van der Waals surface area contributed by atoms with E-state index in [-0.39, 0.29) is 0 Å². The highest BCUT2D eigenvalue weighted by Crippen LogP contribution is 2.16. The van der Waals surface area contributed by atoms with Crippen molar-refractivity contribution in [3.8, 4) is 5.75 Å². The van der Waals surface area contributed by atoms with Gasteiger partial charge in [0.2, 0.25) is 0 Å². The molecule has 0 spiro atoms. The summed E-state index contributed by atoms with van der Waals surface area (Å²) in [6.07, 6.45) is 1.82. The molecule has 1 aromatic carbocycles. The van der Waals surface area contributed by atoms with Crippen LogP contribution in [0.3, 0.4) is 0 Å². The molecule has 2 rings (SSSR count). The maximum absolute atomic E-state index is 5.69. The molecule has 0 fully saturated rings. The predicted octanol–water partition coefficient (Wildman–Crippen LogP) is 3.46. The molecule has 0 saturated carbocycles. The molecule has 0 aliphatic carbocycles. The molecule has 0 aliphatic heterocycles. The van der Waals surface area contributed by atoms with Gasteiger partial charge in [0.15, 0.2) is 0 Å². The van der Waals surface area contributed by atoms with Crippen LogP contribution in [0.1, 0.15) is 10.4 Å². The largest absolute Gasteiger partial charge is 0.488 e. The second kappa shape index (κ2) is 5.14. The summed E-state index contributed by atoms with van der Waals surface area (Å²) in [5.41, 5.74) is 2.90. The van der Waals surface area contributed by atoms with Gasteiger partial charge in [-0.05, 0) is 17.7 Å². The van der Waals surface area contributed by atoms with Crippen molar-refractivity contribution in [3.05, 3.63) is 46.4 Å². The van der Waals surface area contributed by atoms with Crippen LogP contribution in [0, 0.1) is 0 Å². The Kier molecular flexibility index (Phi) is 3.59. The molecule has 1 aromatic heterocycles. The van der Waals surface area contributed by atoms with E-state index >= 15 is 0 Å². The van der Waals surface area contributed by atoms with Crippen molar-refractivity contribution in [3.63, 3.8) is 0 Å². The van der Waals surface area contributed by atoms with Crippen molar-refractivity contribution in [2.24, 2.45) is 0 Å². The van der Waals surface area contributed by atoms with E-state index in [1.54, 1.807) is 16.8 Å². The summed E-state index contributed by atoms with van der Waals surface area (Å²) in [6, 6.07) is 7.79. The highest BCUT2D eigenvalue weighted by molar-refractivity contribution is 7.09. The highest BCUT2D eigenvalue weighted by atomic mass is 35.5. The van der Waals surface area contributed by atoms with Gasteiger partial charge >= 0.3 is 0 Å². The topological polar surface area (TPSA) is 22.1 Å². The third kappa shape index (κ3) is 2.94. The van der Waals surface area contributed by atoms with Gasteiger partial charge in [-0.25, -0.2) is 0 Å². The molecular weight excluding hydrogens is 230 g/mol. The lowest BCUT2D eigenvalue weighted by Crippen LogP contribution is -1.92. The molecule has 0 amide bonds.